The third-order valence-electron chi connectivity index (χ3n) is 4.32. The van der Waals surface area contributed by atoms with Gasteiger partial charge in [-0.05, 0) is 61.0 Å². The first kappa shape index (κ1) is 24.6. The molecule has 0 saturated heterocycles. The molecule has 0 atom stereocenters. The SMILES string of the molecule is CCOc1cc(/C=C(\C#N)C(=O)NCc2ccco2)ccc1OC(=O)COc1cccc(Br)c1. The highest BCUT2D eigenvalue weighted by molar-refractivity contribution is 9.10. The molecule has 0 fully saturated rings. The van der Waals surface area contributed by atoms with Gasteiger partial charge >= 0.3 is 5.97 Å². The summed E-state index contributed by atoms with van der Waals surface area (Å²) in [5.41, 5.74) is 0.430. The molecule has 2 aromatic carbocycles. The second-order valence-corrected chi connectivity index (χ2v) is 7.71. The number of hydrogen-bond acceptors (Lipinski definition) is 7. The maximum Gasteiger partial charge on any atom is 0.349 e. The molecule has 0 saturated carbocycles. The van der Waals surface area contributed by atoms with E-state index in [-0.39, 0.29) is 24.5 Å². The van der Waals surface area contributed by atoms with Crippen LogP contribution in [0.15, 0.2) is 75.3 Å². The fourth-order valence-corrected chi connectivity index (χ4v) is 3.19. The summed E-state index contributed by atoms with van der Waals surface area (Å²) in [6, 6.07) is 17.1. The molecule has 1 aromatic heterocycles. The van der Waals surface area contributed by atoms with Crippen molar-refractivity contribution < 1.29 is 28.2 Å². The zero-order valence-corrected chi connectivity index (χ0v) is 19.8. The number of benzene rings is 2. The van der Waals surface area contributed by atoms with E-state index in [9.17, 15) is 14.9 Å². The highest BCUT2D eigenvalue weighted by Gasteiger charge is 2.14. The van der Waals surface area contributed by atoms with Gasteiger partial charge in [0.25, 0.3) is 5.91 Å². The van der Waals surface area contributed by atoms with Crippen molar-refractivity contribution in [2.75, 3.05) is 13.2 Å². The highest BCUT2D eigenvalue weighted by Crippen LogP contribution is 2.30. The van der Waals surface area contributed by atoms with Crippen molar-refractivity contribution in [3.63, 3.8) is 0 Å². The number of carbonyl (C=O) groups is 2. The van der Waals surface area contributed by atoms with Crippen molar-refractivity contribution in [3.8, 4) is 23.3 Å². The quantitative estimate of drug-likeness (QED) is 0.178. The van der Waals surface area contributed by atoms with Gasteiger partial charge in [-0.25, -0.2) is 4.79 Å². The summed E-state index contributed by atoms with van der Waals surface area (Å²) < 4.78 is 22.4. The lowest BCUT2D eigenvalue weighted by Crippen LogP contribution is -2.23. The van der Waals surface area contributed by atoms with Crippen LogP contribution in [-0.4, -0.2) is 25.1 Å². The number of rotatable bonds is 10. The molecule has 1 amide bonds. The van der Waals surface area contributed by atoms with Crippen molar-refractivity contribution in [2.24, 2.45) is 0 Å². The van der Waals surface area contributed by atoms with Crippen molar-refractivity contribution >= 4 is 33.9 Å². The average Bonchev–Trinajstić information content (AvgIpc) is 3.35. The summed E-state index contributed by atoms with van der Waals surface area (Å²) in [6.07, 6.45) is 2.92. The molecule has 0 bridgehead atoms. The first-order valence-electron chi connectivity index (χ1n) is 10.3. The van der Waals surface area contributed by atoms with Gasteiger partial charge in [-0.3, -0.25) is 4.79 Å². The number of nitrogens with one attached hydrogen (secondary N) is 1. The molecule has 3 rings (SSSR count). The second kappa shape index (κ2) is 12.3. The Morgan fingerprint density at radius 1 is 1.12 bits per heavy atom. The number of halogens is 1. The normalized spacial score (nSPS) is 10.8. The third kappa shape index (κ3) is 7.25. The summed E-state index contributed by atoms with van der Waals surface area (Å²) in [7, 11) is 0. The van der Waals surface area contributed by atoms with Crippen molar-refractivity contribution in [2.45, 2.75) is 13.5 Å². The lowest BCUT2D eigenvalue weighted by molar-refractivity contribution is -0.136. The van der Waals surface area contributed by atoms with E-state index in [1.54, 1.807) is 49.4 Å². The lowest BCUT2D eigenvalue weighted by atomic mass is 10.1. The lowest BCUT2D eigenvalue weighted by Gasteiger charge is -2.12. The minimum absolute atomic E-state index is 0.0961. The van der Waals surface area contributed by atoms with Gasteiger partial charge < -0.3 is 23.9 Å². The van der Waals surface area contributed by atoms with Gasteiger partial charge in [0.2, 0.25) is 0 Å². The van der Waals surface area contributed by atoms with E-state index in [0.717, 1.165) is 4.47 Å². The molecule has 8 nitrogen and oxygen atoms in total. The Morgan fingerprint density at radius 2 is 1.97 bits per heavy atom. The number of carbonyl (C=O) groups excluding carboxylic acids is 2. The number of hydrogen-bond donors (Lipinski definition) is 1. The molecule has 174 valence electrons. The van der Waals surface area contributed by atoms with Crippen LogP contribution in [0.4, 0.5) is 0 Å². The highest BCUT2D eigenvalue weighted by atomic mass is 79.9. The monoisotopic (exact) mass is 524 g/mol. The molecular weight excluding hydrogens is 504 g/mol. The minimum atomic E-state index is -0.612. The van der Waals surface area contributed by atoms with Gasteiger partial charge in [0.05, 0.1) is 19.4 Å². The Kier molecular flexibility index (Phi) is 8.88. The van der Waals surface area contributed by atoms with E-state index >= 15 is 0 Å². The molecule has 0 aliphatic carbocycles. The summed E-state index contributed by atoms with van der Waals surface area (Å²) in [6.45, 7) is 1.97. The van der Waals surface area contributed by atoms with Crippen LogP contribution in [0, 0.1) is 11.3 Å². The molecule has 34 heavy (non-hydrogen) atoms. The van der Waals surface area contributed by atoms with Gasteiger partial charge in [-0.2, -0.15) is 5.26 Å². The van der Waals surface area contributed by atoms with Crippen LogP contribution in [0.3, 0.4) is 0 Å². The maximum atomic E-state index is 12.3. The van der Waals surface area contributed by atoms with Crippen LogP contribution in [0.5, 0.6) is 17.2 Å². The predicted octanol–water partition coefficient (Wildman–Crippen LogP) is 4.65. The topological polar surface area (TPSA) is 111 Å². The fourth-order valence-electron chi connectivity index (χ4n) is 2.81. The summed E-state index contributed by atoms with van der Waals surface area (Å²) >= 11 is 3.34. The van der Waals surface area contributed by atoms with E-state index < -0.39 is 11.9 Å². The Labute approximate surface area is 204 Å². The molecule has 0 spiro atoms. The van der Waals surface area contributed by atoms with E-state index in [0.29, 0.717) is 29.4 Å². The molecule has 0 unspecified atom stereocenters. The molecular formula is C25H21BrN2O6. The molecule has 0 aliphatic heterocycles. The first-order chi connectivity index (χ1) is 16.5. The van der Waals surface area contributed by atoms with E-state index in [2.05, 4.69) is 21.2 Å². The predicted molar refractivity (Wildman–Crippen MR) is 127 cm³/mol. The number of esters is 1. The van der Waals surface area contributed by atoms with Gasteiger partial charge in [-0.15, -0.1) is 0 Å². The molecule has 0 aliphatic rings. The number of nitriles is 1. The Hall–Kier alpha value is -4.03. The minimum Gasteiger partial charge on any atom is -0.490 e. The summed E-state index contributed by atoms with van der Waals surface area (Å²) in [5, 5.41) is 12.0. The van der Waals surface area contributed by atoms with Crippen LogP contribution in [0.2, 0.25) is 0 Å². The Balaban J connectivity index is 1.67. The van der Waals surface area contributed by atoms with Crippen LogP contribution in [-0.2, 0) is 16.1 Å². The van der Waals surface area contributed by atoms with Gasteiger partial charge in [0, 0.05) is 4.47 Å². The fraction of sp³-hybridized carbons (Fsp3) is 0.160. The first-order valence-corrected chi connectivity index (χ1v) is 11.1. The smallest absolute Gasteiger partial charge is 0.349 e. The Bertz CT molecular complexity index is 1210. The molecule has 9 heteroatoms. The maximum absolute atomic E-state index is 12.3. The number of furan rings is 1. The number of amides is 1. The van der Waals surface area contributed by atoms with Crippen LogP contribution in [0.1, 0.15) is 18.2 Å². The van der Waals surface area contributed by atoms with Crippen LogP contribution in [0.25, 0.3) is 6.08 Å². The number of ether oxygens (including phenoxy) is 3. The zero-order valence-electron chi connectivity index (χ0n) is 18.2. The summed E-state index contributed by atoms with van der Waals surface area (Å²) in [5.74, 6) is 0.421. The van der Waals surface area contributed by atoms with Crippen molar-refractivity contribution in [3.05, 3.63) is 82.2 Å². The molecule has 1 heterocycles. The van der Waals surface area contributed by atoms with Gasteiger partial charge in [0.15, 0.2) is 18.1 Å². The largest absolute Gasteiger partial charge is 0.490 e. The van der Waals surface area contributed by atoms with E-state index in [4.69, 9.17) is 18.6 Å². The standard InChI is InChI=1S/C25H21BrN2O6/c1-2-31-23-12-17(11-18(14-27)25(30)28-15-21-7-4-10-32-21)8-9-22(23)34-24(29)16-33-20-6-3-5-19(26)13-20/h3-13H,2,15-16H2,1H3,(H,28,30)/b18-11+. The molecule has 3 aromatic rings. The number of nitrogens with zero attached hydrogens (tertiary/aromatic N) is 1. The van der Waals surface area contributed by atoms with Crippen LogP contribution < -0.4 is 19.5 Å². The van der Waals surface area contributed by atoms with Gasteiger partial charge in [0.1, 0.15) is 23.2 Å². The van der Waals surface area contributed by atoms with Crippen LogP contribution >= 0.6 is 15.9 Å². The average molecular weight is 525 g/mol. The molecule has 0 radical (unpaired) electrons. The third-order valence-corrected chi connectivity index (χ3v) is 4.82. The second-order valence-electron chi connectivity index (χ2n) is 6.79. The Morgan fingerprint density at radius 3 is 2.68 bits per heavy atom. The van der Waals surface area contributed by atoms with Gasteiger partial charge in [-0.1, -0.05) is 28.1 Å². The molecule has 1 N–H and O–H groups in total. The zero-order chi connectivity index (χ0) is 24.3. The van der Waals surface area contributed by atoms with Crippen molar-refractivity contribution in [1.82, 2.24) is 5.32 Å². The van der Waals surface area contributed by atoms with E-state index in [1.165, 1.54) is 18.4 Å². The summed E-state index contributed by atoms with van der Waals surface area (Å²) in [4.78, 5) is 24.6. The van der Waals surface area contributed by atoms with Crippen molar-refractivity contribution in [1.29, 1.82) is 5.26 Å². The van der Waals surface area contributed by atoms with E-state index in [1.807, 2.05) is 12.1 Å².